The van der Waals surface area contributed by atoms with E-state index in [-0.39, 0.29) is 24.2 Å². The molecule has 47 heavy (non-hydrogen) atoms. The number of aliphatic hydroxyl groups is 1. The highest BCUT2D eigenvalue weighted by Crippen LogP contribution is 2.62. The van der Waals surface area contributed by atoms with Gasteiger partial charge in [0.05, 0.1) is 24.6 Å². The quantitative estimate of drug-likeness (QED) is 0.397. The maximum Gasteiger partial charge on any atom is 0.235 e. The van der Waals surface area contributed by atoms with Gasteiger partial charge < -0.3 is 20.7 Å². The number of phenols is 1. The minimum Gasteiger partial charge on any atom is -0.507 e. The van der Waals surface area contributed by atoms with Gasteiger partial charge in [-0.1, -0.05) is 32.4 Å². The number of nitrogens with zero attached hydrogens (tertiary/aromatic N) is 2. The summed E-state index contributed by atoms with van der Waals surface area (Å²) in [5, 5.41) is 23.3. The van der Waals surface area contributed by atoms with Gasteiger partial charge in [-0.25, -0.2) is 0 Å². The van der Waals surface area contributed by atoms with Crippen molar-refractivity contribution in [3.8, 4) is 22.6 Å². The number of piperidine rings is 1. The van der Waals surface area contributed by atoms with Gasteiger partial charge in [-0.05, 0) is 93.2 Å². The second kappa shape index (κ2) is 11.4. The molecule has 2 unspecified atom stereocenters. The second-order valence-electron chi connectivity index (χ2n) is 14.6. The summed E-state index contributed by atoms with van der Waals surface area (Å²) in [5.74, 6) is -8.44. The molecule has 250 valence electrons. The van der Waals surface area contributed by atoms with Gasteiger partial charge >= 0.3 is 0 Å². The van der Waals surface area contributed by atoms with Crippen LogP contribution in [0.2, 0.25) is 0 Å². The van der Waals surface area contributed by atoms with Gasteiger partial charge in [-0.2, -0.15) is 0 Å². The first-order valence-electron chi connectivity index (χ1n) is 16.2. The number of fused-ring (bicyclic) bond motifs is 3. The zero-order chi connectivity index (χ0) is 34.2. The van der Waals surface area contributed by atoms with Crippen LogP contribution in [0.4, 0.5) is 0 Å². The van der Waals surface area contributed by atoms with Crippen LogP contribution in [0.25, 0.3) is 11.1 Å². The van der Waals surface area contributed by atoms with Gasteiger partial charge in [0, 0.05) is 17.5 Å². The lowest BCUT2D eigenvalue weighted by Crippen LogP contribution is -2.79. The highest BCUT2D eigenvalue weighted by Gasteiger charge is 2.76. The van der Waals surface area contributed by atoms with Crippen LogP contribution < -0.4 is 10.5 Å². The van der Waals surface area contributed by atoms with Gasteiger partial charge in [-0.15, -0.1) is 0 Å². The summed E-state index contributed by atoms with van der Waals surface area (Å²) in [6.45, 7) is 6.04. The van der Waals surface area contributed by atoms with E-state index in [1.54, 1.807) is 34.2 Å². The topological polar surface area (TPSA) is 168 Å². The number of hydrogen-bond donors (Lipinski definition) is 3. The van der Waals surface area contributed by atoms with Crippen LogP contribution in [0.5, 0.6) is 11.5 Å². The van der Waals surface area contributed by atoms with E-state index in [1.165, 1.54) is 24.3 Å². The minimum atomic E-state index is -2.84. The maximum absolute atomic E-state index is 14.5. The summed E-state index contributed by atoms with van der Waals surface area (Å²) < 4.78 is 5.77. The predicted octanol–water partition coefficient (Wildman–Crippen LogP) is 2.31. The van der Waals surface area contributed by atoms with Crippen LogP contribution in [-0.2, 0) is 32.1 Å². The van der Waals surface area contributed by atoms with Crippen molar-refractivity contribution in [2.75, 3.05) is 34.3 Å². The third-order valence-electron chi connectivity index (χ3n) is 11.3. The summed E-state index contributed by atoms with van der Waals surface area (Å²) >= 11 is 0. The molecule has 6 rings (SSSR count). The summed E-state index contributed by atoms with van der Waals surface area (Å²) in [6.07, 6.45) is 3.57. The fourth-order valence-electron chi connectivity index (χ4n) is 9.41. The van der Waals surface area contributed by atoms with Crippen molar-refractivity contribution in [2.45, 2.75) is 64.1 Å². The fraction of sp³-hybridized carbons (Fsp3) is 0.528. The van der Waals surface area contributed by atoms with Gasteiger partial charge in [0.15, 0.2) is 34.7 Å². The largest absolute Gasteiger partial charge is 0.507 e. The van der Waals surface area contributed by atoms with E-state index in [2.05, 4.69) is 4.90 Å². The monoisotopic (exact) mass is 645 g/mol. The molecule has 6 atom stereocenters. The van der Waals surface area contributed by atoms with E-state index in [0.717, 1.165) is 43.6 Å². The number of likely N-dealkylation sites (tertiary alicyclic amines) is 1. The number of hydrogen-bond acceptors (Lipinski definition) is 10. The number of methoxy groups -OCH3 is 1. The van der Waals surface area contributed by atoms with Crippen molar-refractivity contribution in [1.82, 2.24) is 9.80 Å². The number of aromatic hydroxyl groups is 1. The number of primary amides is 1. The second-order valence-corrected chi connectivity index (χ2v) is 14.6. The summed E-state index contributed by atoms with van der Waals surface area (Å²) in [6, 6.07) is 7.87. The molecule has 2 saturated carbocycles. The van der Waals surface area contributed by atoms with E-state index >= 15 is 0 Å². The summed E-state index contributed by atoms with van der Waals surface area (Å²) in [7, 11) is 4.71. The van der Waals surface area contributed by atoms with E-state index in [0.29, 0.717) is 16.9 Å². The molecule has 0 radical (unpaired) electrons. The number of amides is 1. The van der Waals surface area contributed by atoms with E-state index in [1.807, 2.05) is 18.2 Å². The standard InChI is InChI=1S/C36H43N3O8/c1-34-16-22-20(21-15-19(9-12-24(21)47-5)17-39-13-7-6-8-14-39)10-11-23(40)25(22)28(41)27(34)32(44)36(46)31(43)26(33(37)45)29(42)30(38(3)4)35(36,2)18-34/h9-12,15,26-27,30,40,46H,6-8,13-14,16-18H2,1-5H3,(H2,37,45)/t26?,27?,30-,34+,35+,36-/m1/s1. The molecule has 1 amide bonds. The van der Waals surface area contributed by atoms with Crippen LogP contribution in [0, 0.1) is 22.7 Å². The number of nitrogens with two attached hydrogens (primary N) is 1. The van der Waals surface area contributed by atoms with Crippen molar-refractivity contribution in [3.05, 3.63) is 47.0 Å². The molecule has 1 aliphatic heterocycles. The van der Waals surface area contributed by atoms with Gasteiger partial charge in [0.25, 0.3) is 0 Å². The van der Waals surface area contributed by atoms with Crippen LogP contribution >= 0.6 is 0 Å². The summed E-state index contributed by atoms with van der Waals surface area (Å²) in [5.41, 5.74) is 2.70. The number of carbonyl (C=O) groups is 5. The molecule has 11 nitrogen and oxygen atoms in total. The Bertz CT molecular complexity index is 1710. The van der Waals surface area contributed by atoms with E-state index < -0.39 is 63.3 Å². The molecule has 1 saturated heterocycles. The smallest absolute Gasteiger partial charge is 0.235 e. The normalized spacial score (nSPS) is 32.5. The lowest BCUT2D eigenvalue weighted by atomic mass is 9.42. The number of likely N-dealkylation sites (N-methyl/N-ethyl adjacent to an activating group) is 1. The van der Waals surface area contributed by atoms with Crippen molar-refractivity contribution >= 4 is 29.0 Å². The first kappa shape index (κ1) is 33.0. The maximum atomic E-state index is 14.5. The van der Waals surface area contributed by atoms with Crippen molar-refractivity contribution in [1.29, 1.82) is 0 Å². The molecule has 2 aromatic carbocycles. The molecule has 2 aromatic rings. The van der Waals surface area contributed by atoms with Crippen LogP contribution in [0.15, 0.2) is 30.3 Å². The number of rotatable bonds is 6. The third-order valence-corrected chi connectivity index (χ3v) is 11.3. The Morgan fingerprint density at radius 1 is 1.02 bits per heavy atom. The number of phenolic OH excluding ortho intramolecular Hbond substituents is 1. The predicted molar refractivity (Wildman–Crippen MR) is 172 cm³/mol. The molecular weight excluding hydrogens is 602 g/mol. The number of ketones is 4. The Balaban J connectivity index is 1.50. The minimum absolute atomic E-state index is 0.0519. The Morgan fingerprint density at radius 3 is 2.32 bits per heavy atom. The zero-order valence-corrected chi connectivity index (χ0v) is 27.6. The van der Waals surface area contributed by atoms with Crippen LogP contribution in [0.1, 0.15) is 61.0 Å². The zero-order valence-electron chi connectivity index (χ0n) is 27.6. The van der Waals surface area contributed by atoms with Gasteiger partial charge in [0.1, 0.15) is 11.5 Å². The lowest BCUT2D eigenvalue weighted by molar-refractivity contribution is -0.203. The molecule has 4 aliphatic rings. The van der Waals surface area contributed by atoms with Crippen LogP contribution in [0.3, 0.4) is 0 Å². The Labute approximate surface area is 274 Å². The van der Waals surface area contributed by atoms with E-state index in [4.69, 9.17) is 10.5 Å². The highest BCUT2D eigenvalue weighted by molar-refractivity contribution is 6.33. The van der Waals surface area contributed by atoms with Gasteiger partial charge in [-0.3, -0.25) is 33.8 Å². The first-order chi connectivity index (χ1) is 22.1. The Kier molecular flexibility index (Phi) is 7.97. The van der Waals surface area contributed by atoms with E-state index in [9.17, 15) is 34.2 Å². The third kappa shape index (κ3) is 4.69. The fourth-order valence-corrected chi connectivity index (χ4v) is 9.41. The summed E-state index contributed by atoms with van der Waals surface area (Å²) in [4.78, 5) is 72.7. The Hall–Kier alpha value is -3.93. The van der Waals surface area contributed by atoms with Crippen molar-refractivity contribution < 1.29 is 38.9 Å². The van der Waals surface area contributed by atoms with Crippen molar-refractivity contribution in [3.63, 3.8) is 0 Å². The van der Waals surface area contributed by atoms with Crippen LogP contribution in [-0.4, -0.2) is 95.0 Å². The van der Waals surface area contributed by atoms with Crippen molar-refractivity contribution in [2.24, 2.45) is 28.4 Å². The SMILES string of the molecule is COc1ccc(CN2CCCCC2)cc1-c1ccc(O)c2c1C[C@@]1(C)C[C@@]3(C)[C@H](N(C)C)C(=O)C(C(N)=O)C(=O)[C@@]3(O)C(=O)C1C2=O. The average molecular weight is 646 g/mol. The molecule has 4 N–H and O–H groups in total. The molecule has 11 heteroatoms. The average Bonchev–Trinajstić information content (AvgIpc) is 2.99. The highest BCUT2D eigenvalue weighted by atomic mass is 16.5. The molecule has 0 bridgehead atoms. The molecular formula is C36H43N3O8. The number of Topliss-reactive ketones (excluding diaryl/α,β-unsaturated/α-hetero) is 4. The lowest BCUT2D eigenvalue weighted by Gasteiger charge is -2.61. The number of carbonyl (C=O) groups excluding carboxylic acids is 5. The van der Waals surface area contributed by atoms with Gasteiger partial charge in [0.2, 0.25) is 5.91 Å². The molecule has 1 heterocycles. The Morgan fingerprint density at radius 2 is 1.70 bits per heavy atom. The molecule has 0 aromatic heterocycles. The molecule has 3 aliphatic carbocycles. The molecule has 0 spiro atoms. The first-order valence-corrected chi connectivity index (χ1v) is 16.2. The molecule has 3 fully saturated rings. The number of benzene rings is 2. The number of ether oxygens (including phenoxy) is 1.